The SMILES string of the molecule is CCCCCCCCCCCCCC/C=C/CC/C=C/CC/C=C/C(O)C(CO)NC(=O)CC(O)CCCCCCCCCCCCCCCCCCCCCCC. The first-order valence-corrected chi connectivity index (χ1v) is 25.8. The summed E-state index contributed by atoms with van der Waals surface area (Å²) >= 11 is 0. The van der Waals surface area contributed by atoms with Gasteiger partial charge in [-0.3, -0.25) is 4.79 Å². The summed E-state index contributed by atoms with van der Waals surface area (Å²) in [6.07, 6.45) is 61.7. The van der Waals surface area contributed by atoms with Gasteiger partial charge in [-0.15, -0.1) is 0 Å². The van der Waals surface area contributed by atoms with Crippen LogP contribution in [0.15, 0.2) is 36.5 Å². The van der Waals surface area contributed by atoms with E-state index in [-0.39, 0.29) is 18.9 Å². The highest BCUT2D eigenvalue weighted by molar-refractivity contribution is 5.76. The van der Waals surface area contributed by atoms with Gasteiger partial charge in [0.2, 0.25) is 5.91 Å². The van der Waals surface area contributed by atoms with Gasteiger partial charge in [-0.2, -0.15) is 0 Å². The van der Waals surface area contributed by atoms with Crippen LogP contribution in [-0.2, 0) is 4.79 Å². The fraction of sp³-hybridized carbons (Fsp3) is 0.868. The standard InChI is InChI=1S/C53H101NO4/c1-3-5-7-9-11-13-15-17-19-21-23-25-27-29-31-33-35-37-39-41-43-45-47-52(57)51(49-55)54-53(58)48-50(56)46-44-42-40-38-36-34-32-30-28-26-24-22-20-18-16-14-12-10-8-6-4-2/h29,31,37,39,45,47,50-52,55-57H,3-28,30,32-36,38,40-44,46,48-49H2,1-2H3,(H,54,58)/b31-29+,39-37+,47-45+. The smallest absolute Gasteiger partial charge is 0.222 e. The van der Waals surface area contributed by atoms with Crippen LogP contribution in [0.3, 0.4) is 0 Å². The summed E-state index contributed by atoms with van der Waals surface area (Å²) in [5, 5.41) is 33.3. The average molecular weight is 816 g/mol. The number of unbranched alkanes of at least 4 members (excludes halogenated alkanes) is 34. The zero-order valence-corrected chi connectivity index (χ0v) is 38.9. The molecule has 0 aliphatic heterocycles. The van der Waals surface area contributed by atoms with Crippen LogP contribution in [-0.4, -0.2) is 46.1 Å². The van der Waals surface area contributed by atoms with Gasteiger partial charge >= 0.3 is 0 Å². The topological polar surface area (TPSA) is 89.8 Å². The largest absolute Gasteiger partial charge is 0.394 e. The maximum atomic E-state index is 12.5. The third-order valence-corrected chi connectivity index (χ3v) is 11.9. The Bertz CT molecular complexity index is 901. The van der Waals surface area contributed by atoms with E-state index in [1.54, 1.807) is 6.08 Å². The predicted octanol–water partition coefficient (Wildman–Crippen LogP) is 15.5. The van der Waals surface area contributed by atoms with Crippen LogP contribution in [0.4, 0.5) is 0 Å². The Morgan fingerprint density at radius 3 is 1.10 bits per heavy atom. The molecule has 0 aromatic carbocycles. The molecule has 0 fully saturated rings. The lowest BCUT2D eigenvalue weighted by Gasteiger charge is -2.21. The fourth-order valence-electron chi connectivity index (χ4n) is 7.96. The number of rotatable bonds is 47. The second-order valence-electron chi connectivity index (χ2n) is 17.8. The molecule has 0 spiro atoms. The van der Waals surface area contributed by atoms with Gasteiger partial charge in [-0.25, -0.2) is 0 Å². The monoisotopic (exact) mass is 816 g/mol. The van der Waals surface area contributed by atoms with E-state index in [2.05, 4.69) is 43.5 Å². The summed E-state index contributed by atoms with van der Waals surface area (Å²) in [5.41, 5.74) is 0. The van der Waals surface area contributed by atoms with Crippen LogP contribution < -0.4 is 5.32 Å². The van der Waals surface area contributed by atoms with Crippen LogP contribution in [0.2, 0.25) is 0 Å². The number of hydrogen-bond donors (Lipinski definition) is 4. The maximum absolute atomic E-state index is 12.5. The normalized spacial score (nSPS) is 13.7. The van der Waals surface area contributed by atoms with Crippen LogP contribution in [0.5, 0.6) is 0 Å². The first-order valence-electron chi connectivity index (χ1n) is 25.8. The van der Waals surface area contributed by atoms with Crippen molar-refractivity contribution in [3.05, 3.63) is 36.5 Å². The van der Waals surface area contributed by atoms with E-state index in [0.717, 1.165) is 38.5 Å². The molecule has 0 aromatic heterocycles. The molecule has 0 aliphatic carbocycles. The number of carbonyl (C=O) groups excluding carboxylic acids is 1. The molecule has 3 atom stereocenters. The fourth-order valence-corrected chi connectivity index (χ4v) is 7.96. The van der Waals surface area contributed by atoms with Crippen molar-refractivity contribution in [2.75, 3.05) is 6.61 Å². The number of aliphatic hydroxyl groups excluding tert-OH is 3. The van der Waals surface area contributed by atoms with Gasteiger partial charge in [0.1, 0.15) is 0 Å². The number of allylic oxidation sites excluding steroid dienone is 5. The van der Waals surface area contributed by atoms with Crippen molar-refractivity contribution in [3.8, 4) is 0 Å². The molecule has 5 nitrogen and oxygen atoms in total. The van der Waals surface area contributed by atoms with E-state index in [1.165, 1.54) is 205 Å². The highest BCUT2D eigenvalue weighted by Crippen LogP contribution is 2.17. The minimum atomic E-state index is -0.959. The average Bonchev–Trinajstić information content (AvgIpc) is 3.22. The Labute approximate surface area is 362 Å². The molecular weight excluding hydrogens is 715 g/mol. The first-order chi connectivity index (χ1) is 28.5. The molecule has 58 heavy (non-hydrogen) atoms. The molecule has 342 valence electrons. The Kier molecular flexibility index (Phi) is 47.0. The van der Waals surface area contributed by atoms with Gasteiger partial charge in [0.25, 0.3) is 0 Å². The summed E-state index contributed by atoms with van der Waals surface area (Å²) in [4.78, 5) is 12.5. The lowest BCUT2D eigenvalue weighted by atomic mass is 10.0. The van der Waals surface area contributed by atoms with Crippen LogP contribution in [0, 0.1) is 0 Å². The second-order valence-corrected chi connectivity index (χ2v) is 17.8. The van der Waals surface area contributed by atoms with E-state index in [4.69, 9.17) is 0 Å². The van der Waals surface area contributed by atoms with Gasteiger partial charge < -0.3 is 20.6 Å². The molecule has 5 heteroatoms. The number of carbonyl (C=O) groups is 1. The minimum Gasteiger partial charge on any atom is -0.394 e. The lowest BCUT2D eigenvalue weighted by molar-refractivity contribution is -0.124. The van der Waals surface area contributed by atoms with E-state index in [9.17, 15) is 20.1 Å². The van der Waals surface area contributed by atoms with Gasteiger partial charge in [-0.1, -0.05) is 256 Å². The molecule has 0 bridgehead atoms. The van der Waals surface area contributed by atoms with E-state index >= 15 is 0 Å². The van der Waals surface area contributed by atoms with Gasteiger partial charge in [-0.05, 0) is 44.9 Å². The molecule has 0 aliphatic rings. The molecule has 0 aromatic rings. The molecule has 1 amide bonds. The summed E-state index contributed by atoms with van der Waals surface area (Å²) in [7, 11) is 0. The third-order valence-electron chi connectivity index (χ3n) is 11.9. The predicted molar refractivity (Wildman–Crippen MR) is 254 cm³/mol. The molecule has 0 saturated heterocycles. The molecular formula is C53H101NO4. The van der Waals surface area contributed by atoms with Crippen molar-refractivity contribution in [2.45, 2.75) is 289 Å². The minimum absolute atomic E-state index is 0.00547. The third kappa shape index (κ3) is 44.1. The Morgan fingerprint density at radius 2 is 0.741 bits per heavy atom. The van der Waals surface area contributed by atoms with Crippen molar-refractivity contribution < 1.29 is 20.1 Å². The first kappa shape index (κ1) is 56.6. The van der Waals surface area contributed by atoms with Crippen LogP contribution in [0.25, 0.3) is 0 Å². The maximum Gasteiger partial charge on any atom is 0.222 e. The Hall–Kier alpha value is -1.43. The van der Waals surface area contributed by atoms with Crippen molar-refractivity contribution in [3.63, 3.8) is 0 Å². The van der Waals surface area contributed by atoms with Crippen LogP contribution >= 0.6 is 0 Å². The Morgan fingerprint density at radius 1 is 0.431 bits per heavy atom. The molecule has 4 N–H and O–H groups in total. The second kappa shape index (κ2) is 48.2. The van der Waals surface area contributed by atoms with Crippen molar-refractivity contribution >= 4 is 5.91 Å². The number of hydrogen-bond acceptors (Lipinski definition) is 4. The summed E-state index contributed by atoms with van der Waals surface area (Å²) < 4.78 is 0. The number of nitrogens with one attached hydrogen (secondary N) is 1. The molecule has 0 heterocycles. The molecule has 3 unspecified atom stereocenters. The summed E-state index contributed by atoms with van der Waals surface area (Å²) in [5.74, 6) is -0.325. The summed E-state index contributed by atoms with van der Waals surface area (Å²) in [6.45, 7) is 4.22. The Balaban J connectivity index is 3.66. The zero-order chi connectivity index (χ0) is 42.3. The van der Waals surface area contributed by atoms with Gasteiger partial charge in [0.15, 0.2) is 0 Å². The quantitative estimate of drug-likeness (QED) is 0.0364. The molecule has 0 rings (SSSR count). The van der Waals surface area contributed by atoms with Gasteiger partial charge in [0, 0.05) is 0 Å². The van der Waals surface area contributed by atoms with E-state index < -0.39 is 18.2 Å². The van der Waals surface area contributed by atoms with Crippen molar-refractivity contribution in [2.24, 2.45) is 0 Å². The number of aliphatic hydroxyl groups is 3. The van der Waals surface area contributed by atoms with E-state index in [1.807, 2.05) is 6.08 Å². The van der Waals surface area contributed by atoms with E-state index in [0.29, 0.717) is 6.42 Å². The summed E-state index contributed by atoms with van der Waals surface area (Å²) in [6, 6.07) is -0.766. The van der Waals surface area contributed by atoms with Crippen molar-refractivity contribution in [1.82, 2.24) is 5.32 Å². The van der Waals surface area contributed by atoms with Crippen LogP contribution in [0.1, 0.15) is 271 Å². The lowest BCUT2D eigenvalue weighted by Crippen LogP contribution is -2.45. The molecule has 0 saturated carbocycles. The van der Waals surface area contributed by atoms with Crippen molar-refractivity contribution in [1.29, 1.82) is 0 Å². The van der Waals surface area contributed by atoms with Gasteiger partial charge in [0.05, 0.1) is 31.3 Å². The highest BCUT2D eigenvalue weighted by Gasteiger charge is 2.20. The molecule has 0 radical (unpaired) electrons. The zero-order valence-electron chi connectivity index (χ0n) is 38.9. The number of amides is 1. The highest BCUT2D eigenvalue weighted by atomic mass is 16.3.